The van der Waals surface area contributed by atoms with Gasteiger partial charge in [0.1, 0.15) is 0 Å². The summed E-state index contributed by atoms with van der Waals surface area (Å²) in [4.78, 5) is 14.8. The van der Waals surface area contributed by atoms with E-state index in [4.69, 9.17) is 4.74 Å². The van der Waals surface area contributed by atoms with Crippen LogP contribution in [0.4, 0.5) is 0 Å². The first kappa shape index (κ1) is 17.6. The lowest BCUT2D eigenvalue weighted by Gasteiger charge is -2.26. The van der Waals surface area contributed by atoms with Gasteiger partial charge in [-0.3, -0.25) is 9.69 Å². The number of morpholine rings is 1. The summed E-state index contributed by atoms with van der Waals surface area (Å²) in [6.07, 6.45) is 0. The lowest BCUT2D eigenvalue weighted by Crippen LogP contribution is -2.35. The van der Waals surface area contributed by atoms with Crippen LogP contribution in [-0.4, -0.2) is 37.1 Å². The summed E-state index contributed by atoms with van der Waals surface area (Å²) in [6.45, 7) is 8.52. The van der Waals surface area contributed by atoms with E-state index in [-0.39, 0.29) is 11.9 Å². The Balaban J connectivity index is 1.57. The lowest BCUT2D eigenvalue weighted by atomic mass is 10.1. The number of carbonyl (C=O) groups excluding carboxylic acids is 1. The number of amides is 1. The first-order valence-electron chi connectivity index (χ1n) is 8.88. The lowest BCUT2D eigenvalue weighted by molar-refractivity contribution is 0.0342. The van der Waals surface area contributed by atoms with Crippen molar-refractivity contribution >= 4 is 5.91 Å². The van der Waals surface area contributed by atoms with Crippen molar-refractivity contribution in [3.63, 3.8) is 0 Å². The highest BCUT2D eigenvalue weighted by molar-refractivity contribution is 5.94. The van der Waals surface area contributed by atoms with E-state index in [9.17, 15) is 4.79 Å². The van der Waals surface area contributed by atoms with Gasteiger partial charge in [-0.25, -0.2) is 0 Å². The molecule has 0 unspecified atom stereocenters. The molecule has 2 aromatic rings. The molecule has 4 heteroatoms. The van der Waals surface area contributed by atoms with E-state index < -0.39 is 0 Å². The van der Waals surface area contributed by atoms with Crippen LogP contribution in [0.25, 0.3) is 0 Å². The molecule has 0 aliphatic carbocycles. The van der Waals surface area contributed by atoms with Crippen LogP contribution in [0.1, 0.15) is 40.0 Å². The minimum atomic E-state index is -0.0361. The Labute approximate surface area is 149 Å². The topological polar surface area (TPSA) is 41.6 Å². The Morgan fingerprint density at radius 1 is 1.08 bits per heavy atom. The van der Waals surface area contributed by atoms with Crippen molar-refractivity contribution in [2.75, 3.05) is 26.3 Å². The van der Waals surface area contributed by atoms with Crippen molar-refractivity contribution in [3.05, 3.63) is 70.8 Å². The highest BCUT2D eigenvalue weighted by atomic mass is 16.5. The van der Waals surface area contributed by atoms with E-state index in [1.165, 1.54) is 11.1 Å². The van der Waals surface area contributed by atoms with Gasteiger partial charge in [0, 0.05) is 25.2 Å². The zero-order valence-electron chi connectivity index (χ0n) is 15.0. The molecule has 132 valence electrons. The van der Waals surface area contributed by atoms with Gasteiger partial charge in [-0.05, 0) is 37.1 Å². The van der Waals surface area contributed by atoms with E-state index in [1.807, 2.05) is 31.2 Å². The first-order chi connectivity index (χ1) is 12.1. The van der Waals surface area contributed by atoms with E-state index in [1.54, 1.807) is 0 Å². The molecule has 4 nitrogen and oxygen atoms in total. The van der Waals surface area contributed by atoms with Crippen molar-refractivity contribution in [1.29, 1.82) is 0 Å². The third-order valence-corrected chi connectivity index (χ3v) is 4.65. The van der Waals surface area contributed by atoms with Crippen LogP contribution < -0.4 is 5.32 Å². The molecule has 1 fully saturated rings. The van der Waals surface area contributed by atoms with E-state index in [2.05, 4.69) is 41.4 Å². The SMILES string of the molecule is Cc1ccc([C@H](C)NC(=O)c2ccc(CN3CCOCC3)cc2)cc1. The van der Waals surface area contributed by atoms with Crippen molar-refractivity contribution in [1.82, 2.24) is 10.2 Å². The Hall–Kier alpha value is -2.17. The molecule has 0 spiro atoms. The van der Waals surface area contributed by atoms with Crippen molar-refractivity contribution in [3.8, 4) is 0 Å². The van der Waals surface area contributed by atoms with Gasteiger partial charge in [-0.1, -0.05) is 42.0 Å². The van der Waals surface area contributed by atoms with Crippen molar-refractivity contribution in [2.45, 2.75) is 26.4 Å². The van der Waals surface area contributed by atoms with Gasteiger partial charge in [0.2, 0.25) is 0 Å². The quantitative estimate of drug-likeness (QED) is 0.909. The van der Waals surface area contributed by atoms with Crippen LogP contribution in [-0.2, 0) is 11.3 Å². The zero-order valence-corrected chi connectivity index (χ0v) is 15.0. The summed E-state index contributed by atoms with van der Waals surface area (Å²) in [7, 11) is 0. The van der Waals surface area contributed by atoms with Gasteiger partial charge < -0.3 is 10.1 Å². The second kappa shape index (κ2) is 8.28. The number of aryl methyl sites for hydroxylation is 1. The first-order valence-corrected chi connectivity index (χ1v) is 8.88. The molecule has 0 aromatic heterocycles. The highest BCUT2D eigenvalue weighted by Crippen LogP contribution is 2.15. The number of nitrogens with zero attached hydrogens (tertiary/aromatic N) is 1. The summed E-state index contributed by atoms with van der Waals surface area (Å²) >= 11 is 0. The van der Waals surface area contributed by atoms with Crippen LogP contribution in [0.15, 0.2) is 48.5 Å². The molecule has 1 heterocycles. The molecule has 2 aromatic carbocycles. The third kappa shape index (κ3) is 4.91. The maximum Gasteiger partial charge on any atom is 0.251 e. The number of benzene rings is 2. The Kier molecular flexibility index (Phi) is 5.84. The molecule has 1 saturated heterocycles. The average Bonchev–Trinajstić information content (AvgIpc) is 2.63. The Morgan fingerprint density at radius 3 is 2.36 bits per heavy atom. The Bertz CT molecular complexity index is 689. The molecule has 1 N–H and O–H groups in total. The van der Waals surface area contributed by atoms with E-state index >= 15 is 0 Å². The fourth-order valence-corrected chi connectivity index (χ4v) is 3.00. The molecule has 0 saturated carbocycles. The van der Waals surface area contributed by atoms with E-state index in [0.717, 1.165) is 38.4 Å². The second-order valence-electron chi connectivity index (χ2n) is 6.69. The average molecular weight is 338 g/mol. The molecule has 1 aliphatic heterocycles. The van der Waals surface area contributed by atoms with Crippen LogP contribution in [0.2, 0.25) is 0 Å². The van der Waals surface area contributed by atoms with E-state index in [0.29, 0.717) is 5.56 Å². The largest absolute Gasteiger partial charge is 0.379 e. The maximum absolute atomic E-state index is 12.5. The predicted octanol–water partition coefficient (Wildman–Crippen LogP) is 3.32. The summed E-state index contributed by atoms with van der Waals surface area (Å²) < 4.78 is 5.37. The monoisotopic (exact) mass is 338 g/mol. The summed E-state index contributed by atoms with van der Waals surface area (Å²) in [5.74, 6) is -0.0361. The van der Waals surface area contributed by atoms with Crippen LogP contribution >= 0.6 is 0 Å². The van der Waals surface area contributed by atoms with Gasteiger partial charge >= 0.3 is 0 Å². The highest BCUT2D eigenvalue weighted by Gasteiger charge is 2.13. The molecule has 25 heavy (non-hydrogen) atoms. The fraction of sp³-hybridized carbons (Fsp3) is 0.381. The molecule has 1 amide bonds. The number of nitrogens with one attached hydrogen (secondary N) is 1. The summed E-state index contributed by atoms with van der Waals surface area (Å²) in [6, 6.07) is 16.1. The molecule has 3 rings (SSSR count). The van der Waals surface area contributed by atoms with Crippen molar-refractivity contribution in [2.24, 2.45) is 0 Å². The normalized spacial score (nSPS) is 16.4. The minimum absolute atomic E-state index is 0.0128. The fourth-order valence-electron chi connectivity index (χ4n) is 3.00. The van der Waals surface area contributed by atoms with Crippen LogP contribution in [0.5, 0.6) is 0 Å². The standard InChI is InChI=1S/C21H26N2O2/c1-16-3-7-19(8-4-16)17(2)22-21(24)20-9-5-18(6-10-20)15-23-11-13-25-14-12-23/h3-10,17H,11-15H2,1-2H3,(H,22,24)/t17-/m0/s1. The molecule has 1 aliphatic rings. The Morgan fingerprint density at radius 2 is 1.72 bits per heavy atom. The number of carbonyl (C=O) groups is 1. The molecule has 0 bridgehead atoms. The molecule has 1 atom stereocenters. The van der Waals surface area contributed by atoms with Crippen LogP contribution in [0.3, 0.4) is 0 Å². The van der Waals surface area contributed by atoms with Crippen LogP contribution in [0, 0.1) is 6.92 Å². The van der Waals surface area contributed by atoms with Gasteiger partial charge in [0.15, 0.2) is 0 Å². The number of hydrogen-bond acceptors (Lipinski definition) is 3. The van der Waals surface area contributed by atoms with Gasteiger partial charge in [-0.2, -0.15) is 0 Å². The third-order valence-electron chi connectivity index (χ3n) is 4.65. The van der Waals surface area contributed by atoms with Gasteiger partial charge in [-0.15, -0.1) is 0 Å². The maximum atomic E-state index is 12.5. The molecule has 0 radical (unpaired) electrons. The smallest absolute Gasteiger partial charge is 0.251 e. The van der Waals surface area contributed by atoms with Crippen molar-refractivity contribution < 1.29 is 9.53 Å². The summed E-state index contributed by atoms with van der Waals surface area (Å²) in [5, 5.41) is 3.07. The molecular formula is C21H26N2O2. The zero-order chi connectivity index (χ0) is 17.6. The molecular weight excluding hydrogens is 312 g/mol. The minimum Gasteiger partial charge on any atom is -0.379 e. The predicted molar refractivity (Wildman–Crippen MR) is 99.6 cm³/mol. The van der Waals surface area contributed by atoms with Gasteiger partial charge in [0.05, 0.1) is 19.3 Å². The number of hydrogen-bond donors (Lipinski definition) is 1. The van der Waals surface area contributed by atoms with Gasteiger partial charge in [0.25, 0.3) is 5.91 Å². The second-order valence-corrected chi connectivity index (χ2v) is 6.69. The number of ether oxygens (including phenoxy) is 1. The number of rotatable bonds is 5. The summed E-state index contributed by atoms with van der Waals surface area (Å²) in [5.41, 5.74) is 4.26.